The molecular formula is C15H15N3O3. The number of anilines is 2. The highest BCUT2D eigenvalue weighted by molar-refractivity contribution is 5.84. The third kappa shape index (κ3) is 4.28. The van der Waals surface area contributed by atoms with Crippen molar-refractivity contribution < 1.29 is 13.9 Å². The van der Waals surface area contributed by atoms with E-state index in [9.17, 15) is 4.79 Å². The van der Waals surface area contributed by atoms with Gasteiger partial charge in [-0.25, -0.2) is 4.79 Å². The van der Waals surface area contributed by atoms with Crippen LogP contribution >= 0.6 is 0 Å². The molecule has 6 nitrogen and oxygen atoms in total. The lowest BCUT2D eigenvalue weighted by molar-refractivity contribution is 0.168. The molecule has 1 heterocycles. The van der Waals surface area contributed by atoms with E-state index < -0.39 is 6.09 Å². The molecule has 0 aliphatic rings. The Bertz CT molecular complexity index is 641. The molecule has 0 unspecified atom stereocenters. The third-order valence-electron chi connectivity index (χ3n) is 2.65. The molecule has 0 aliphatic heterocycles. The first-order valence-corrected chi connectivity index (χ1v) is 6.48. The van der Waals surface area contributed by atoms with Gasteiger partial charge in [0.05, 0.1) is 13.2 Å². The summed E-state index contributed by atoms with van der Waals surface area (Å²) in [5, 5.41) is 14.4. The molecule has 2 N–H and O–H groups in total. The maximum absolute atomic E-state index is 11.3. The third-order valence-corrected chi connectivity index (χ3v) is 2.65. The van der Waals surface area contributed by atoms with E-state index in [1.54, 1.807) is 31.2 Å². The molecule has 108 valence electrons. The SMILES string of the molecule is CCOC(=O)Nc1ccc(NCc2ccc(C#N)o2)cc1. The molecule has 6 heteroatoms. The minimum Gasteiger partial charge on any atom is -0.450 e. The normalized spacial score (nSPS) is 9.71. The zero-order valence-electron chi connectivity index (χ0n) is 11.6. The van der Waals surface area contributed by atoms with Gasteiger partial charge in [0.2, 0.25) is 5.76 Å². The molecule has 0 fully saturated rings. The molecule has 1 amide bonds. The monoisotopic (exact) mass is 285 g/mol. The smallest absolute Gasteiger partial charge is 0.411 e. The van der Waals surface area contributed by atoms with Crippen LogP contribution in [0.25, 0.3) is 0 Å². The van der Waals surface area contributed by atoms with Gasteiger partial charge in [0.25, 0.3) is 0 Å². The molecule has 0 saturated carbocycles. The van der Waals surface area contributed by atoms with Gasteiger partial charge < -0.3 is 14.5 Å². The Kier molecular flexibility index (Phi) is 4.83. The minimum absolute atomic E-state index is 0.292. The summed E-state index contributed by atoms with van der Waals surface area (Å²) in [6.07, 6.45) is -0.474. The maximum Gasteiger partial charge on any atom is 0.411 e. The second kappa shape index (κ2) is 7.01. The number of ether oxygens (including phenoxy) is 1. The number of furan rings is 1. The van der Waals surface area contributed by atoms with Gasteiger partial charge in [-0.2, -0.15) is 5.26 Å². The van der Waals surface area contributed by atoms with Crippen LogP contribution in [0.5, 0.6) is 0 Å². The standard InChI is InChI=1S/C15H15N3O3/c1-2-20-15(19)18-12-5-3-11(4-6-12)17-10-14-8-7-13(9-16)21-14/h3-8,17H,2,10H2,1H3,(H,18,19). The lowest BCUT2D eigenvalue weighted by Gasteiger charge is -2.07. The number of nitrogens with one attached hydrogen (secondary N) is 2. The van der Waals surface area contributed by atoms with Crippen LogP contribution in [0.2, 0.25) is 0 Å². The van der Waals surface area contributed by atoms with Crippen molar-refractivity contribution in [1.29, 1.82) is 5.26 Å². The fourth-order valence-corrected chi connectivity index (χ4v) is 1.68. The molecule has 0 saturated heterocycles. The zero-order valence-corrected chi connectivity index (χ0v) is 11.6. The summed E-state index contributed by atoms with van der Waals surface area (Å²) >= 11 is 0. The fourth-order valence-electron chi connectivity index (χ4n) is 1.68. The average Bonchev–Trinajstić information content (AvgIpc) is 2.95. The van der Waals surface area contributed by atoms with E-state index in [2.05, 4.69) is 10.6 Å². The maximum atomic E-state index is 11.3. The number of nitrogens with zero attached hydrogens (tertiary/aromatic N) is 1. The van der Waals surface area contributed by atoms with Crippen LogP contribution in [0, 0.1) is 11.3 Å². The van der Waals surface area contributed by atoms with Crippen molar-refractivity contribution in [3.8, 4) is 6.07 Å². The predicted molar refractivity (Wildman–Crippen MR) is 77.8 cm³/mol. The number of amides is 1. The van der Waals surface area contributed by atoms with Gasteiger partial charge in [0, 0.05) is 11.4 Å². The minimum atomic E-state index is -0.474. The lowest BCUT2D eigenvalue weighted by Crippen LogP contribution is -2.13. The molecule has 1 aromatic carbocycles. The molecule has 2 rings (SSSR count). The van der Waals surface area contributed by atoms with E-state index in [4.69, 9.17) is 14.4 Å². The quantitative estimate of drug-likeness (QED) is 0.879. The van der Waals surface area contributed by atoms with Crippen LogP contribution in [-0.4, -0.2) is 12.7 Å². The zero-order chi connectivity index (χ0) is 15.1. The molecule has 21 heavy (non-hydrogen) atoms. The largest absolute Gasteiger partial charge is 0.450 e. The number of benzene rings is 1. The van der Waals surface area contributed by atoms with Crippen LogP contribution in [0.3, 0.4) is 0 Å². The number of nitriles is 1. The van der Waals surface area contributed by atoms with Gasteiger partial charge in [0.15, 0.2) is 0 Å². The van der Waals surface area contributed by atoms with Crippen molar-refractivity contribution in [2.75, 3.05) is 17.2 Å². The summed E-state index contributed by atoms with van der Waals surface area (Å²) < 4.78 is 10.1. The Morgan fingerprint density at radius 2 is 1.95 bits per heavy atom. The second-order valence-corrected chi connectivity index (χ2v) is 4.15. The van der Waals surface area contributed by atoms with Crippen LogP contribution in [-0.2, 0) is 11.3 Å². The van der Waals surface area contributed by atoms with Crippen molar-refractivity contribution in [3.05, 3.63) is 47.9 Å². The van der Waals surface area contributed by atoms with E-state index >= 15 is 0 Å². The van der Waals surface area contributed by atoms with Gasteiger partial charge in [-0.3, -0.25) is 5.32 Å². The van der Waals surface area contributed by atoms with E-state index in [1.807, 2.05) is 18.2 Å². The summed E-state index contributed by atoms with van der Waals surface area (Å²) in [7, 11) is 0. The van der Waals surface area contributed by atoms with Crippen LogP contribution in [0.15, 0.2) is 40.8 Å². The fraction of sp³-hybridized carbons (Fsp3) is 0.200. The second-order valence-electron chi connectivity index (χ2n) is 4.15. The van der Waals surface area contributed by atoms with Gasteiger partial charge in [-0.05, 0) is 43.3 Å². The number of hydrogen-bond acceptors (Lipinski definition) is 5. The van der Waals surface area contributed by atoms with E-state index in [-0.39, 0.29) is 0 Å². The molecular weight excluding hydrogens is 270 g/mol. The summed E-state index contributed by atoms with van der Waals surface area (Å²) in [6, 6.07) is 12.5. The predicted octanol–water partition coefficient (Wildman–Crippen LogP) is 3.33. The van der Waals surface area contributed by atoms with Gasteiger partial charge in [-0.15, -0.1) is 0 Å². The molecule has 1 aromatic heterocycles. The molecule has 2 aromatic rings. The van der Waals surface area contributed by atoms with Gasteiger partial charge in [0.1, 0.15) is 11.8 Å². The van der Waals surface area contributed by atoms with Crippen LogP contribution in [0.1, 0.15) is 18.4 Å². The van der Waals surface area contributed by atoms with Crippen molar-refractivity contribution in [2.24, 2.45) is 0 Å². The highest BCUT2D eigenvalue weighted by Gasteiger charge is 2.03. The van der Waals surface area contributed by atoms with Crippen molar-refractivity contribution >= 4 is 17.5 Å². The molecule has 0 bridgehead atoms. The van der Waals surface area contributed by atoms with Crippen LogP contribution < -0.4 is 10.6 Å². The number of rotatable bonds is 5. The summed E-state index contributed by atoms with van der Waals surface area (Å²) in [5.74, 6) is 0.973. The first-order chi connectivity index (χ1) is 10.2. The first-order valence-electron chi connectivity index (χ1n) is 6.48. The van der Waals surface area contributed by atoms with Crippen molar-refractivity contribution in [2.45, 2.75) is 13.5 Å². The van der Waals surface area contributed by atoms with E-state index in [0.29, 0.717) is 30.4 Å². The Morgan fingerprint density at radius 3 is 2.57 bits per heavy atom. The Labute approximate surface area is 122 Å². The number of hydrogen-bond donors (Lipinski definition) is 2. The Balaban J connectivity index is 1.87. The van der Waals surface area contributed by atoms with Gasteiger partial charge >= 0.3 is 6.09 Å². The summed E-state index contributed by atoms with van der Waals surface area (Å²) in [5.41, 5.74) is 1.53. The average molecular weight is 285 g/mol. The summed E-state index contributed by atoms with van der Waals surface area (Å²) in [6.45, 7) is 2.56. The topological polar surface area (TPSA) is 87.3 Å². The number of carbonyl (C=O) groups excluding carboxylic acids is 1. The molecule has 0 aliphatic carbocycles. The molecule has 0 spiro atoms. The highest BCUT2D eigenvalue weighted by atomic mass is 16.5. The van der Waals surface area contributed by atoms with Crippen molar-refractivity contribution in [3.63, 3.8) is 0 Å². The van der Waals surface area contributed by atoms with Gasteiger partial charge in [-0.1, -0.05) is 0 Å². The first kappa shape index (κ1) is 14.5. The Morgan fingerprint density at radius 1 is 1.24 bits per heavy atom. The molecule has 0 radical (unpaired) electrons. The van der Waals surface area contributed by atoms with E-state index in [1.165, 1.54) is 0 Å². The highest BCUT2D eigenvalue weighted by Crippen LogP contribution is 2.15. The number of carbonyl (C=O) groups is 1. The Hall–Kier alpha value is -2.94. The van der Waals surface area contributed by atoms with Crippen molar-refractivity contribution in [1.82, 2.24) is 0 Å². The summed E-state index contributed by atoms with van der Waals surface area (Å²) in [4.78, 5) is 11.3. The lowest BCUT2D eigenvalue weighted by atomic mass is 10.2. The molecule has 0 atom stereocenters. The van der Waals surface area contributed by atoms with E-state index in [0.717, 1.165) is 5.69 Å². The van der Waals surface area contributed by atoms with Crippen LogP contribution in [0.4, 0.5) is 16.2 Å².